The number of amides is 1. The number of nitrogens with zero attached hydrogens (tertiary/aromatic N) is 3. The Bertz CT molecular complexity index is 1260. The lowest BCUT2D eigenvalue weighted by atomic mass is 9.89. The summed E-state index contributed by atoms with van der Waals surface area (Å²) < 4.78 is 27.3. The van der Waals surface area contributed by atoms with Crippen LogP contribution in [0.3, 0.4) is 0 Å². The third kappa shape index (κ3) is 7.51. The molecule has 0 bridgehead atoms. The van der Waals surface area contributed by atoms with Crippen molar-refractivity contribution in [3.8, 4) is 0 Å². The standard InChI is InChI=1S/C26H31ClN4O3S2/c1-19-24(25(32)30-36(33,34)18-22-8-5-14-28-16-22)29-26(35-19)31(17-21-6-3-2-4-7-21)15-13-20-9-11-23(27)12-10-20/h5,8-12,14,16,21H,2-4,6-7,13,15,17-18H2,1H3,(H,30,32). The number of sulfonamides is 1. The molecule has 1 aliphatic rings. The van der Waals surface area contributed by atoms with Gasteiger partial charge in [0.15, 0.2) is 5.13 Å². The third-order valence-corrected chi connectivity index (χ3v) is 8.88. The number of carbonyl (C=O) groups excluding carboxylic acids is 1. The van der Waals surface area contributed by atoms with Crippen molar-refractivity contribution in [1.29, 1.82) is 0 Å². The van der Waals surface area contributed by atoms with E-state index in [1.165, 1.54) is 55.2 Å². The Morgan fingerprint density at radius 1 is 1.14 bits per heavy atom. The van der Waals surface area contributed by atoms with Crippen LogP contribution in [0.4, 0.5) is 5.13 Å². The van der Waals surface area contributed by atoms with Gasteiger partial charge in [0.2, 0.25) is 10.0 Å². The SMILES string of the molecule is Cc1sc(N(CCc2ccc(Cl)cc2)CC2CCCCC2)nc1C(=O)NS(=O)(=O)Cc1cccnc1. The Labute approximate surface area is 222 Å². The predicted molar refractivity (Wildman–Crippen MR) is 145 cm³/mol. The van der Waals surface area contributed by atoms with E-state index in [-0.39, 0.29) is 11.4 Å². The largest absolute Gasteiger partial charge is 0.347 e. The number of nitrogens with one attached hydrogen (secondary N) is 1. The number of aryl methyl sites for hydroxylation is 1. The summed E-state index contributed by atoms with van der Waals surface area (Å²) in [5, 5.41) is 1.46. The zero-order chi connectivity index (χ0) is 25.5. The molecule has 0 saturated heterocycles. The molecule has 1 fully saturated rings. The lowest BCUT2D eigenvalue weighted by molar-refractivity contribution is 0.0976. The first-order valence-corrected chi connectivity index (χ1v) is 15.0. The van der Waals surface area contributed by atoms with E-state index in [0.29, 0.717) is 21.4 Å². The van der Waals surface area contributed by atoms with E-state index in [1.807, 2.05) is 31.2 Å². The van der Waals surface area contributed by atoms with Gasteiger partial charge >= 0.3 is 0 Å². The molecule has 1 saturated carbocycles. The third-order valence-electron chi connectivity index (χ3n) is 6.39. The molecule has 4 rings (SSSR count). The molecule has 36 heavy (non-hydrogen) atoms. The second kappa shape index (κ2) is 12.2. The van der Waals surface area contributed by atoms with Crippen LogP contribution in [0.1, 0.15) is 58.6 Å². The van der Waals surface area contributed by atoms with Crippen LogP contribution < -0.4 is 9.62 Å². The molecule has 192 valence electrons. The van der Waals surface area contributed by atoms with E-state index in [0.717, 1.165) is 24.6 Å². The topological polar surface area (TPSA) is 92.3 Å². The normalized spacial score (nSPS) is 14.5. The van der Waals surface area contributed by atoms with Crippen LogP contribution in [-0.2, 0) is 22.2 Å². The first-order chi connectivity index (χ1) is 17.3. The number of rotatable bonds is 10. The number of benzene rings is 1. The Hall–Kier alpha value is -2.49. The number of anilines is 1. The molecule has 2 heterocycles. The van der Waals surface area contributed by atoms with Gasteiger partial charge in [-0.15, -0.1) is 11.3 Å². The van der Waals surface area contributed by atoms with Crippen molar-refractivity contribution in [3.05, 3.63) is 75.5 Å². The van der Waals surface area contributed by atoms with Crippen molar-refractivity contribution in [2.45, 2.75) is 51.2 Å². The van der Waals surface area contributed by atoms with Gasteiger partial charge in [-0.2, -0.15) is 0 Å². The Kier molecular flexibility index (Phi) is 8.98. The highest BCUT2D eigenvalue weighted by atomic mass is 35.5. The van der Waals surface area contributed by atoms with E-state index >= 15 is 0 Å². The van der Waals surface area contributed by atoms with Crippen LogP contribution in [-0.4, -0.2) is 37.4 Å². The average molecular weight is 547 g/mol. The second-order valence-corrected chi connectivity index (χ2v) is 12.6. The molecule has 1 aliphatic carbocycles. The van der Waals surface area contributed by atoms with Crippen LogP contribution in [0.25, 0.3) is 0 Å². The number of carbonyl (C=O) groups is 1. The number of aromatic nitrogens is 2. The second-order valence-electron chi connectivity index (χ2n) is 9.28. The molecule has 1 N–H and O–H groups in total. The van der Waals surface area contributed by atoms with Crippen molar-refractivity contribution in [2.24, 2.45) is 5.92 Å². The van der Waals surface area contributed by atoms with Gasteiger partial charge in [-0.1, -0.05) is 49.1 Å². The number of hydrogen-bond donors (Lipinski definition) is 1. The van der Waals surface area contributed by atoms with E-state index in [4.69, 9.17) is 11.6 Å². The smallest absolute Gasteiger partial charge is 0.284 e. The molecule has 7 nitrogen and oxygen atoms in total. The predicted octanol–water partition coefficient (Wildman–Crippen LogP) is 5.39. The van der Waals surface area contributed by atoms with Gasteiger partial charge in [-0.3, -0.25) is 9.78 Å². The summed E-state index contributed by atoms with van der Waals surface area (Å²) in [4.78, 5) is 24.4. The maximum absolute atomic E-state index is 12.9. The van der Waals surface area contributed by atoms with Crippen molar-refractivity contribution in [3.63, 3.8) is 0 Å². The molecule has 1 amide bonds. The van der Waals surface area contributed by atoms with E-state index < -0.39 is 15.9 Å². The first-order valence-electron chi connectivity index (χ1n) is 12.2. The van der Waals surface area contributed by atoms with Crippen LogP contribution in [0.2, 0.25) is 5.02 Å². The van der Waals surface area contributed by atoms with Crippen molar-refractivity contribution < 1.29 is 13.2 Å². The van der Waals surface area contributed by atoms with Crippen molar-refractivity contribution >= 4 is 44.0 Å². The number of pyridine rings is 1. The number of halogens is 1. The van der Waals surface area contributed by atoms with Gasteiger partial charge in [0, 0.05) is 35.4 Å². The molecule has 3 aromatic rings. The zero-order valence-corrected chi connectivity index (χ0v) is 22.7. The number of thiazole rings is 1. The molecule has 0 unspecified atom stereocenters. The molecule has 10 heteroatoms. The maximum Gasteiger partial charge on any atom is 0.284 e. The van der Waals surface area contributed by atoms with Gasteiger partial charge in [-0.25, -0.2) is 18.1 Å². The van der Waals surface area contributed by atoms with E-state index in [9.17, 15) is 13.2 Å². The van der Waals surface area contributed by atoms with Crippen LogP contribution in [0.5, 0.6) is 0 Å². The molecule has 1 aromatic carbocycles. The van der Waals surface area contributed by atoms with Gasteiger partial charge in [0.1, 0.15) is 5.69 Å². The lowest BCUT2D eigenvalue weighted by Gasteiger charge is -2.29. The van der Waals surface area contributed by atoms with Gasteiger partial charge in [0.05, 0.1) is 5.75 Å². The van der Waals surface area contributed by atoms with Gasteiger partial charge < -0.3 is 4.90 Å². The Balaban J connectivity index is 1.49. The Morgan fingerprint density at radius 2 is 1.89 bits per heavy atom. The summed E-state index contributed by atoms with van der Waals surface area (Å²) in [6, 6.07) is 11.2. The molecule has 0 spiro atoms. The maximum atomic E-state index is 12.9. The molecule has 0 aliphatic heterocycles. The molecule has 0 atom stereocenters. The summed E-state index contributed by atoms with van der Waals surface area (Å²) in [6.45, 7) is 3.44. The lowest BCUT2D eigenvalue weighted by Crippen LogP contribution is -2.33. The Morgan fingerprint density at radius 3 is 2.58 bits per heavy atom. The fraction of sp³-hybridized carbons (Fsp3) is 0.423. The van der Waals surface area contributed by atoms with E-state index in [1.54, 1.807) is 18.3 Å². The monoisotopic (exact) mass is 546 g/mol. The summed E-state index contributed by atoms with van der Waals surface area (Å²) in [6.07, 6.45) is 10.0. The van der Waals surface area contributed by atoms with Crippen LogP contribution >= 0.6 is 22.9 Å². The molecule has 0 radical (unpaired) electrons. The van der Waals surface area contributed by atoms with Crippen molar-refractivity contribution in [2.75, 3.05) is 18.0 Å². The summed E-state index contributed by atoms with van der Waals surface area (Å²) in [5.41, 5.74) is 1.85. The minimum Gasteiger partial charge on any atom is -0.347 e. The fourth-order valence-corrected chi connectivity index (χ4v) is 6.65. The highest BCUT2D eigenvalue weighted by molar-refractivity contribution is 7.89. The molecular weight excluding hydrogens is 516 g/mol. The minimum absolute atomic E-state index is 0.157. The summed E-state index contributed by atoms with van der Waals surface area (Å²) >= 11 is 7.47. The zero-order valence-electron chi connectivity index (χ0n) is 20.3. The molecular formula is C26H31ClN4O3S2. The number of hydrogen-bond acceptors (Lipinski definition) is 7. The van der Waals surface area contributed by atoms with E-state index in [2.05, 4.69) is 19.6 Å². The quantitative estimate of drug-likeness (QED) is 0.366. The summed E-state index contributed by atoms with van der Waals surface area (Å²) in [7, 11) is -3.88. The highest BCUT2D eigenvalue weighted by Gasteiger charge is 2.25. The van der Waals surface area contributed by atoms with Gasteiger partial charge in [-0.05, 0) is 61.4 Å². The fourth-order valence-electron chi connectivity index (χ4n) is 4.52. The average Bonchev–Trinajstić information content (AvgIpc) is 3.25. The van der Waals surface area contributed by atoms with Gasteiger partial charge in [0.25, 0.3) is 5.91 Å². The van der Waals surface area contributed by atoms with Crippen LogP contribution in [0.15, 0.2) is 48.8 Å². The highest BCUT2D eigenvalue weighted by Crippen LogP contribution is 2.30. The minimum atomic E-state index is -3.88. The first kappa shape index (κ1) is 26.6. The van der Waals surface area contributed by atoms with Crippen LogP contribution in [0, 0.1) is 12.8 Å². The van der Waals surface area contributed by atoms with Crippen molar-refractivity contribution in [1.82, 2.24) is 14.7 Å². The molecule has 2 aromatic heterocycles. The summed E-state index contributed by atoms with van der Waals surface area (Å²) in [5.74, 6) is -0.433.